The van der Waals surface area contributed by atoms with Gasteiger partial charge in [0.25, 0.3) is 0 Å². The SMILES string of the molecule is CCCC1CCC(C2CCC(COc3ccc(CC)nc3)CC2)CC1. The summed E-state index contributed by atoms with van der Waals surface area (Å²) in [7, 11) is 0. The maximum absolute atomic E-state index is 6.00. The summed E-state index contributed by atoms with van der Waals surface area (Å²) < 4.78 is 6.00. The van der Waals surface area contributed by atoms with Gasteiger partial charge in [0.15, 0.2) is 0 Å². The fraction of sp³-hybridized carbons (Fsp3) is 0.783. The third kappa shape index (κ3) is 5.46. The largest absolute Gasteiger partial charge is 0.492 e. The molecule has 2 aliphatic rings. The van der Waals surface area contributed by atoms with Crippen LogP contribution in [-0.4, -0.2) is 11.6 Å². The van der Waals surface area contributed by atoms with Crippen molar-refractivity contribution in [3.05, 3.63) is 24.0 Å². The highest BCUT2D eigenvalue weighted by Gasteiger charge is 2.30. The predicted octanol–water partition coefficient (Wildman–Crippen LogP) is 6.44. The van der Waals surface area contributed by atoms with Crippen molar-refractivity contribution >= 4 is 0 Å². The molecule has 0 N–H and O–H groups in total. The number of hydrogen-bond donors (Lipinski definition) is 0. The Bertz CT molecular complexity index is 481. The van der Waals surface area contributed by atoms with Crippen molar-refractivity contribution in [2.75, 3.05) is 6.61 Å². The lowest BCUT2D eigenvalue weighted by molar-refractivity contribution is 0.122. The molecule has 2 aliphatic carbocycles. The molecule has 0 spiro atoms. The van der Waals surface area contributed by atoms with Crippen LogP contribution in [0.1, 0.15) is 83.7 Å². The van der Waals surface area contributed by atoms with Crippen molar-refractivity contribution in [1.29, 1.82) is 0 Å². The van der Waals surface area contributed by atoms with Crippen LogP contribution in [0.2, 0.25) is 0 Å². The number of ether oxygens (including phenoxy) is 1. The first kappa shape index (κ1) is 18.7. The van der Waals surface area contributed by atoms with Gasteiger partial charge < -0.3 is 4.74 Å². The van der Waals surface area contributed by atoms with Gasteiger partial charge in [-0.15, -0.1) is 0 Å². The Balaban J connectivity index is 1.36. The van der Waals surface area contributed by atoms with E-state index in [2.05, 4.69) is 31.0 Å². The van der Waals surface area contributed by atoms with E-state index in [-0.39, 0.29) is 0 Å². The van der Waals surface area contributed by atoms with Crippen LogP contribution < -0.4 is 4.74 Å². The van der Waals surface area contributed by atoms with E-state index in [1.54, 1.807) is 0 Å². The molecular weight excluding hydrogens is 306 g/mol. The third-order valence-electron chi connectivity index (χ3n) is 6.79. The normalized spacial score (nSPS) is 30.2. The van der Waals surface area contributed by atoms with Gasteiger partial charge in [-0.05, 0) is 80.8 Å². The average molecular weight is 344 g/mol. The number of pyridine rings is 1. The van der Waals surface area contributed by atoms with E-state index in [0.717, 1.165) is 48.1 Å². The minimum atomic E-state index is 0.749. The monoisotopic (exact) mass is 343 g/mol. The van der Waals surface area contributed by atoms with Crippen LogP contribution in [0.25, 0.3) is 0 Å². The van der Waals surface area contributed by atoms with Crippen molar-refractivity contribution in [2.24, 2.45) is 23.7 Å². The maximum Gasteiger partial charge on any atom is 0.137 e. The van der Waals surface area contributed by atoms with E-state index >= 15 is 0 Å². The van der Waals surface area contributed by atoms with Gasteiger partial charge in [0.1, 0.15) is 5.75 Å². The minimum absolute atomic E-state index is 0.749. The molecule has 2 fully saturated rings. The van der Waals surface area contributed by atoms with Crippen molar-refractivity contribution in [3.63, 3.8) is 0 Å². The zero-order chi connectivity index (χ0) is 17.5. The Labute approximate surface area is 154 Å². The van der Waals surface area contributed by atoms with Crippen molar-refractivity contribution in [1.82, 2.24) is 4.98 Å². The Hall–Kier alpha value is -1.05. The minimum Gasteiger partial charge on any atom is -0.492 e. The van der Waals surface area contributed by atoms with Crippen LogP contribution in [0.3, 0.4) is 0 Å². The van der Waals surface area contributed by atoms with Crippen LogP contribution in [-0.2, 0) is 6.42 Å². The van der Waals surface area contributed by atoms with E-state index in [9.17, 15) is 0 Å². The Morgan fingerprint density at radius 2 is 1.52 bits per heavy atom. The first-order valence-corrected chi connectivity index (χ1v) is 10.9. The second-order valence-corrected chi connectivity index (χ2v) is 8.50. The summed E-state index contributed by atoms with van der Waals surface area (Å²) in [5.74, 6) is 4.76. The Morgan fingerprint density at radius 1 is 0.880 bits per heavy atom. The standard InChI is InChI=1S/C23H37NO/c1-3-5-18-6-10-20(11-7-18)21-12-8-19(9-13-21)17-25-23-15-14-22(4-2)24-16-23/h14-16,18-21H,3-13,17H2,1-2H3. The molecule has 2 nitrogen and oxygen atoms in total. The fourth-order valence-electron chi connectivity index (χ4n) is 5.10. The Kier molecular flexibility index (Phi) is 7.19. The van der Waals surface area contributed by atoms with Gasteiger partial charge in [0, 0.05) is 5.69 Å². The Morgan fingerprint density at radius 3 is 2.04 bits per heavy atom. The molecule has 0 aromatic carbocycles. The topological polar surface area (TPSA) is 22.1 Å². The van der Waals surface area contributed by atoms with Gasteiger partial charge in [0.2, 0.25) is 0 Å². The number of aromatic nitrogens is 1. The lowest BCUT2D eigenvalue weighted by atomic mass is 9.69. The molecule has 0 aliphatic heterocycles. The summed E-state index contributed by atoms with van der Waals surface area (Å²) in [6.45, 7) is 5.35. The molecule has 0 atom stereocenters. The van der Waals surface area contributed by atoms with Crippen molar-refractivity contribution in [3.8, 4) is 5.75 Å². The summed E-state index contributed by atoms with van der Waals surface area (Å²) in [5, 5.41) is 0. The van der Waals surface area contributed by atoms with Gasteiger partial charge in [-0.25, -0.2) is 0 Å². The molecule has 2 saturated carbocycles. The van der Waals surface area contributed by atoms with E-state index < -0.39 is 0 Å². The summed E-state index contributed by atoms with van der Waals surface area (Å²) >= 11 is 0. The second kappa shape index (κ2) is 9.59. The van der Waals surface area contributed by atoms with Crippen LogP contribution in [0.5, 0.6) is 5.75 Å². The fourth-order valence-corrected chi connectivity index (χ4v) is 5.10. The highest BCUT2D eigenvalue weighted by atomic mass is 16.5. The van der Waals surface area contributed by atoms with Gasteiger partial charge >= 0.3 is 0 Å². The summed E-state index contributed by atoms with van der Waals surface area (Å²) in [6, 6.07) is 4.16. The number of aryl methyl sites for hydroxylation is 1. The van der Waals surface area contributed by atoms with Gasteiger partial charge in [-0.1, -0.05) is 39.5 Å². The van der Waals surface area contributed by atoms with Crippen molar-refractivity contribution < 1.29 is 4.74 Å². The highest BCUT2D eigenvalue weighted by molar-refractivity contribution is 5.19. The highest BCUT2D eigenvalue weighted by Crippen LogP contribution is 2.42. The smallest absolute Gasteiger partial charge is 0.137 e. The van der Waals surface area contributed by atoms with E-state index in [1.807, 2.05) is 6.20 Å². The lowest BCUT2D eigenvalue weighted by Gasteiger charge is -2.37. The summed E-state index contributed by atoms with van der Waals surface area (Å²) in [6.07, 6.45) is 17.3. The molecule has 0 unspecified atom stereocenters. The molecular formula is C23H37NO. The van der Waals surface area contributed by atoms with Crippen LogP contribution >= 0.6 is 0 Å². The molecule has 2 heteroatoms. The quantitative estimate of drug-likeness (QED) is 0.568. The molecule has 1 aromatic heterocycles. The molecule has 0 saturated heterocycles. The predicted molar refractivity (Wildman–Crippen MR) is 105 cm³/mol. The average Bonchev–Trinajstić information content (AvgIpc) is 2.68. The molecule has 0 amide bonds. The van der Waals surface area contributed by atoms with E-state index in [0.29, 0.717) is 0 Å². The lowest BCUT2D eigenvalue weighted by Crippen LogP contribution is -2.27. The molecule has 1 heterocycles. The second-order valence-electron chi connectivity index (χ2n) is 8.50. The molecule has 0 radical (unpaired) electrons. The number of hydrogen-bond acceptors (Lipinski definition) is 2. The summed E-state index contributed by atoms with van der Waals surface area (Å²) in [4.78, 5) is 4.43. The molecule has 140 valence electrons. The molecule has 3 rings (SSSR count). The first-order chi connectivity index (χ1) is 12.3. The first-order valence-electron chi connectivity index (χ1n) is 10.9. The third-order valence-corrected chi connectivity index (χ3v) is 6.79. The molecule has 25 heavy (non-hydrogen) atoms. The number of rotatable bonds is 7. The van der Waals surface area contributed by atoms with Crippen LogP contribution in [0.15, 0.2) is 18.3 Å². The van der Waals surface area contributed by atoms with Crippen molar-refractivity contribution in [2.45, 2.75) is 84.5 Å². The zero-order valence-corrected chi connectivity index (χ0v) is 16.4. The van der Waals surface area contributed by atoms with Gasteiger partial charge in [-0.2, -0.15) is 0 Å². The van der Waals surface area contributed by atoms with E-state index in [4.69, 9.17) is 4.74 Å². The van der Waals surface area contributed by atoms with Crippen LogP contribution in [0.4, 0.5) is 0 Å². The van der Waals surface area contributed by atoms with Gasteiger partial charge in [-0.3, -0.25) is 4.98 Å². The molecule has 1 aromatic rings. The maximum atomic E-state index is 6.00. The molecule has 0 bridgehead atoms. The number of nitrogens with zero attached hydrogens (tertiary/aromatic N) is 1. The van der Waals surface area contributed by atoms with E-state index in [1.165, 1.54) is 64.2 Å². The van der Waals surface area contributed by atoms with Gasteiger partial charge in [0.05, 0.1) is 12.8 Å². The zero-order valence-electron chi connectivity index (χ0n) is 16.4. The summed E-state index contributed by atoms with van der Waals surface area (Å²) in [5.41, 5.74) is 1.14. The van der Waals surface area contributed by atoms with Crippen LogP contribution in [0, 0.1) is 23.7 Å².